The van der Waals surface area contributed by atoms with E-state index in [0.29, 0.717) is 6.54 Å². The first-order valence-electron chi connectivity index (χ1n) is 6.60. The number of nitrogens with two attached hydrogens (primary N) is 1. The van der Waals surface area contributed by atoms with E-state index in [1.165, 1.54) is 0 Å². The molecule has 0 unspecified atom stereocenters. The summed E-state index contributed by atoms with van der Waals surface area (Å²) in [5.74, 6) is 1.07. The van der Waals surface area contributed by atoms with Crippen LogP contribution >= 0.6 is 0 Å². The van der Waals surface area contributed by atoms with Gasteiger partial charge in [0.2, 0.25) is 0 Å². The average molecular weight is 246 g/mol. The molecule has 0 aromatic carbocycles. The van der Waals surface area contributed by atoms with Crippen molar-refractivity contribution in [2.24, 2.45) is 11.1 Å². The van der Waals surface area contributed by atoms with Crippen molar-refractivity contribution in [3.63, 3.8) is 0 Å². The average Bonchev–Trinajstić information content (AvgIpc) is 2.90. The highest BCUT2D eigenvalue weighted by Gasteiger charge is 2.24. The number of imidazole rings is 1. The second kappa shape index (κ2) is 5.40. The van der Waals surface area contributed by atoms with Crippen molar-refractivity contribution in [1.82, 2.24) is 9.38 Å². The molecule has 2 heterocycles. The first-order chi connectivity index (χ1) is 8.74. The molecule has 0 radical (unpaired) electrons. The first-order valence-corrected chi connectivity index (χ1v) is 6.60. The van der Waals surface area contributed by atoms with Crippen LogP contribution in [-0.2, 0) is 0 Å². The lowest BCUT2D eigenvalue weighted by Crippen LogP contribution is -2.36. The fourth-order valence-electron chi connectivity index (χ4n) is 2.23. The molecule has 0 fully saturated rings. The molecule has 0 aliphatic rings. The van der Waals surface area contributed by atoms with E-state index in [-0.39, 0.29) is 5.41 Å². The molecule has 18 heavy (non-hydrogen) atoms. The van der Waals surface area contributed by atoms with Crippen LogP contribution in [0.1, 0.15) is 26.7 Å². The molecule has 0 aliphatic heterocycles. The lowest BCUT2D eigenvalue weighted by atomic mass is 9.82. The Morgan fingerprint density at radius 2 is 2.11 bits per heavy atom. The smallest absolute Gasteiger partial charge is 0.138 e. The first kappa shape index (κ1) is 12.9. The number of pyridine rings is 1. The fourth-order valence-corrected chi connectivity index (χ4v) is 2.23. The van der Waals surface area contributed by atoms with Gasteiger partial charge in [0.1, 0.15) is 11.5 Å². The van der Waals surface area contributed by atoms with Crippen molar-refractivity contribution >= 4 is 11.5 Å². The zero-order chi connectivity index (χ0) is 13.0. The fraction of sp³-hybridized carbons (Fsp3) is 0.500. The second-order valence-electron chi connectivity index (χ2n) is 4.83. The Morgan fingerprint density at radius 1 is 1.33 bits per heavy atom. The number of hydrogen-bond acceptors (Lipinski definition) is 3. The third-order valence-electron chi connectivity index (χ3n) is 4.01. The van der Waals surface area contributed by atoms with E-state index in [9.17, 15) is 0 Å². The van der Waals surface area contributed by atoms with Crippen LogP contribution in [0.15, 0.2) is 30.6 Å². The molecule has 2 aromatic rings. The normalized spacial score (nSPS) is 11.9. The molecule has 4 nitrogen and oxygen atoms in total. The molecule has 0 bridgehead atoms. The van der Waals surface area contributed by atoms with Crippen LogP contribution in [0.25, 0.3) is 5.65 Å². The maximum atomic E-state index is 5.93. The number of nitrogens with zero attached hydrogens (tertiary/aromatic N) is 2. The van der Waals surface area contributed by atoms with Gasteiger partial charge in [0.15, 0.2) is 0 Å². The van der Waals surface area contributed by atoms with E-state index in [0.717, 1.165) is 30.9 Å². The molecule has 2 rings (SSSR count). The summed E-state index contributed by atoms with van der Waals surface area (Å²) < 4.78 is 2.06. The topological polar surface area (TPSA) is 55.3 Å². The molecule has 0 atom stereocenters. The second-order valence-corrected chi connectivity index (χ2v) is 4.83. The standard InChI is InChI=1S/C14H22N4/c1-3-14(4-2,10-15)11-17-13-7-5-6-12-16-8-9-18(12)13/h5-9,17H,3-4,10-11,15H2,1-2H3. The van der Waals surface area contributed by atoms with Crippen molar-refractivity contribution < 1.29 is 0 Å². The molecule has 3 N–H and O–H groups in total. The number of aromatic nitrogens is 2. The van der Waals surface area contributed by atoms with Gasteiger partial charge < -0.3 is 11.1 Å². The Morgan fingerprint density at radius 3 is 2.78 bits per heavy atom. The van der Waals surface area contributed by atoms with Gasteiger partial charge in [-0.05, 0) is 36.9 Å². The van der Waals surface area contributed by atoms with Crippen LogP contribution in [0.3, 0.4) is 0 Å². The van der Waals surface area contributed by atoms with Crippen LogP contribution < -0.4 is 11.1 Å². The summed E-state index contributed by atoms with van der Waals surface area (Å²) in [7, 11) is 0. The summed E-state index contributed by atoms with van der Waals surface area (Å²) in [5.41, 5.74) is 7.07. The van der Waals surface area contributed by atoms with E-state index < -0.39 is 0 Å². The Bertz CT molecular complexity index is 491. The highest BCUT2D eigenvalue weighted by atomic mass is 15.1. The number of rotatable bonds is 6. The van der Waals surface area contributed by atoms with E-state index in [1.807, 2.05) is 24.5 Å². The Balaban J connectivity index is 2.17. The monoisotopic (exact) mass is 246 g/mol. The van der Waals surface area contributed by atoms with Gasteiger partial charge >= 0.3 is 0 Å². The third-order valence-corrected chi connectivity index (χ3v) is 4.01. The Kier molecular flexibility index (Phi) is 3.87. The highest BCUT2D eigenvalue weighted by Crippen LogP contribution is 2.25. The molecule has 0 saturated carbocycles. The molecule has 0 amide bonds. The molecule has 2 aromatic heterocycles. The van der Waals surface area contributed by atoms with Gasteiger partial charge in [-0.1, -0.05) is 19.9 Å². The van der Waals surface area contributed by atoms with Gasteiger partial charge in [-0.2, -0.15) is 0 Å². The van der Waals surface area contributed by atoms with Crippen LogP contribution in [0.4, 0.5) is 5.82 Å². The van der Waals surface area contributed by atoms with E-state index in [1.54, 1.807) is 0 Å². The molecule has 0 aliphatic carbocycles. The quantitative estimate of drug-likeness (QED) is 0.823. The van der Waals surface area contributed by atoms with Gasteiger partial charge in [-0.3, -0.25) is 4.40 Å². The van der Waals surface area contributed by atoms with Crippen LogP contribution in [-0.4, -0.2) is 22.5 Å². The van der Waals surface area contributed by atoms with Gasteiger partial charge in [0.05, 0.1) is 0 Å². The predicted molar refractivity (Wildman–Crippen MR) is 75.8 cm³/mol. The summed E-state index contributed by atoms with van der Waals surface area (Å²) in [6.45, 7) is 6.02. The highest BCUT2D eigenvalue weighted by molar-refractivity contribution is 5.49. The van der Waals surface area contributed by atoms with Gasteiger partial charge in [-0.25, -0.2) is 4.98 Å². The predicted octanol–water partition coefficient (Wildman–Crippen LogP) is 2.51. The Hall–Kier alpha value is -1.55. The molecule has 0 saturated heterocycles. The third kappa shape index (κ3) is 2.34. The minimum Gasteiger partial charge on any atom is -0.371 e. The summed E-state index contributed by atoms with van der Waals surface area (Å²) in [6, 6.07) is 6.09. The largest absolute Gasteiger partial charge is 0.371 e. The van der Waals surface area contributed by atoms with Gasteiger partial charge in [0, 0.05) is 18.9 Å². The van der Waals surface area contributed by atoms with Crippen LogP contribution in [0.2, 0.25) is 0 Å². The molecule has 4 heteroatoms. The van der Waals surface area contributed by atoms with Crippen molar-refractivity contribution in [2.45, 2.75) is 26.7 Å². The maximum Gasteiger partial charge on any atom is 0.138 e. The zero-order valence-electron chi connectivity index (χ0n) is 11.2. The van der Waals surface area contributed by atoms with Gasteiger partial charge in [-0.15, -0.1) is 0 Å². The summed E-state index contributed by atoms with van der Waals surface area (Å²) >= 11 is 0. The Labute approximate surface area is 108 Å². The lowest BCUT2D eigenvalue weighted by Gasteiger charge is -2.30. The molecular weight excluding hydrogens is 224 g/mol. The summed E-state index contributed by atoms with van der Waals surface area (Å²) in [5, 5.41) is 3.51. The lowest BCUT2D eigenvalue weighted by molar-refractivity contribution is 0.294. The zero-order valence-corrected chi connectivity index (χ0v) is 11.2. The maximum absolute atomic E-state index is 5.93. The van der Waals surface area contributed by atoms with Crippen molar-refractivity contribution in [3.8, 4) is 0 Å². The minimum atomic E-state index is 0.183. The summed E-state index contributed by atoms with van der Waals surface area (Å²) in [6.07, 6.45) is 5.97. The van der Waals surface area contributed by atoms with Crippen molar-refractivity contribution in [2.75, 3.05) is 18.4 Å². The van der Waals surface area contributed by atoms with Crippen LogP contribution in [0, 0.1) is 5.41 Å². The molecule has 0 spiro atoms. The molecule has 98 valence electrons. The van der Waals surface area contributed by atoms with Crippen molar-refractivity contribution in [1.29, 1.82) is 0 Å². The van der Waals surface area contributed by atoms with E-state index in [2.05, 4.69) is 34.6 Å². The number of anilines is 1. The molecular formula is C14H22N4. The number of fused-ring (bicyclic) bond motifs is 1. The van der Waals surface area contributed by atoms with Crippen LogP contribution in [0.5, 0.6) is 0 Å². The SMILES string of the molecule is CCC(CC)(CN)CNc1cccc2nccn12. The minimum absolute atomic E-state index is 0.183. The number of nitrogens with one attached hydrogen (secondary N) is 1. The van der Waals surface area contributed by atoms with E-state index in [4.69, 9.17) is 5.73 Å². The van der Waals surface area contributed by atoms with Crippen molar-refractivity contribution in [3.05, 3.63) is 30.6 Å². The number of hydrogen-bond donors (Lipinski definition) is 2. The van der Waals surface area contributed by atoms with E-state index >= 15 is 0 Å². The van der Waals surface area contributed by atoms with Gasteiger partial charge in [0.25, 0.3) is 0 Å². The summed E-state index contributed by atoms with van der Waals surface area (Å²) in [4.78, 5) is 4.28.